The minimum absolute atomic E-state index is 0.706. The first kappa shape index (κ1) is 18.0. The van der Waals surface area contributed by atoms with Crippen LogP contribution in [0.1, 0.15) is 78.6 Å². The summed E-state index contributed by atoms with van der Waals surface area (Å²) >= 11 is -1.02. The van der Waals surface area contributed by atoms with E-state index in [1.54, 1.807) is 0 Å². The molecule has 1 nitrogen and oxygen atoms in total. The fraction of sp³-hybridized carbons (Fsp3) is 0.722. The third-order valence-corrected chi connectivity index (χ3v) is 11.9. The summed E-state index contributed by atoms with van der Waals surface area (Å²) in [6, 6.07) is 6.54. The van der Waals surface area contributed by atoms with E-state index in [9.17, 15) is 0 Å². The van der Waals surface area contributed by atoms with Crippen LogP contribution in [0.4, 0.5) is 0 Å². The Kier molecular flexibility index (Phi) is 9.58. The first-order valence-electron chi connectivity index (χ1n) is 8.66. The number of nitrogens with zero attached hydrogens (tertiary/aromatic N) is 1. The van der Waals surface area contributed by atoms with Crippen LogP contribution in [0.15, 0.2) is 24.4 Å². The van der Waals surface area contributed by atoms with Crippen molar-refractivity contribution >= 4 is 24.9 Å². The molecule has 0 fully saturated rings. The Labute approximate surface area is 136 Å². The van der Waals surface area contributed by atoms with Crippen molar-refractivity contribution in [2.45, 2.75) is 82.0 Å². The molecule has 0 saturated heterocycles. The number of hydrogen-bond donors (Lipinski definition) is 0. The third kappa shape index (κ3) is 6.60. The topological polar surface area (TPSA) is 12.9 Å². The van der Waals surface area contributed by atoms with Crippen LogP contribution in [0.5, 0.6) is 0 Å². The summed E-state index contributed by atoms with van der Waals surface area (Å²) in [5.74, 6) is 0. The summed E-state index contributed by atoms with van der Waals surface area (Å²) in [6.07, 6.45) is 14.7. The quantitative estimate of drug-likeness (QED) is 0.510. The molecule has 20 heavy (non-hydrogen) atoms. The second-order valence-corrected chi connectivity index (χ2v) is 13.7. The van der Waals surface area contributed by atoms with E-state index in [2.05, 4.69) is 44.0 Å². The zero-order chi connectivity index (χ0) is 14.7. The van der Waals surface area contributed by atoms with Gasteiger partial charge < -0.3 is 0 Å². The van der Waals surface area contributed by atoms with Gasteiger partial charge in [0.1, 0.15) is 0 Å². The SMILES string of the molecule is CCCC[C](CCCC)(CCCC)[SnH2][c]1ccccn1. The van der Waals surface area contributed by atoms with Gasteiger partial charge in [0.25, 0.3) is 0 Å². The molecule has 0 saturated carbocycles. The number of unbranched alkanes of at least 4 members (excludes halogenated alkanes) is 3. The molecule has 0 spiro atoms. The van der Waals surface area contributed by atoms with Crippen molar-refractivity contribution in [3.05, 3.63) is 24.4 Å². The van der Waals surface area contributed by atoms with Gasteiger partial charge in [-0.05, 0) is 0 Å². The molecule has 114 valence electrons. The van der Waals surface area contributed by atoms with Crippen molar-refractivity contribution in [3.63, 3.8) is 0 Å². The van der Waals surface area contributed by atoms with E-state index < -0.39 is 21.1 Å². The summed E-state index contributed by atoms with van der Waals surface area (Å²) in [5, 5.41) is 0. The molecule has 0 amide bonds. The maximum atomic E-state index is 4.68. The first-order chi connectivity index (χ1) is 9.76. The van der Waals surface area contributed by atoms with Crippen LogP contribution in [0.25, 0.3) is 0 Å². The molecule has 2 heteroatoms. The molecule has 0 radical (unpaired) electrons. The Balaban J connectivity index is 2.81. The summed E-state index contributed by atoms with van der Waals surface area (Å²) in [5.41, 5.74) is 0. The van der Waals surface area contributed by atoms with Crippen molar-refractivity contribution in [2.75, 3.05) is 0 Å². The Morgan fingerprint density at radius 3 is 1.85 bits per heavy atom. The molecular weight excluding hydrogens is 349 g/mol. The molecule has 0 N–H and O–H groups in total. The monoisotopic (exact) mass is 383 g/mol. The molecule has 0 bridgehead atoms. The summed E-state index contributed by atoms with van der Waals surface area (Å²) in [7, 11) is 0. The fourth-order valence-electron chi connectivity index (χ4n) is 3.18. The predicted octanol–water partition coefficient (Wildman–Crippen LogP) is 4.61. The molecule has 1 rings (SSSR count). The van der Waals surface area contributed by atoms with Gasteiger partial charge in [-0.1, -0.05) is 0 Å². The molecule has 0 aliphatic carbocycles. The Hall–Kier alpha value is -0.0513. The van der Waals surface area contributed by atoms with Crippen molar-refractivity contribution in [3.8, 4) is 0 Å². The average Bonchev–Trinajstić information content (AvgIpc) is 2.49. The molecule has 1 aromatic heterocycles. The van der Waals surface area contributed by atoms with Crippen LogP contribution < -0.4 is 3.71 Å². The van der Waals surface area contributed by atoms with Crippen molar-refractivity contribution in [2.24, 2.45) is 0 Å². The zero-order valence-electron chi connectivity index (χ0n) is 13.8. The van der Waals surface area contributed by atoms with Crippen molar-refractivity contribution < 1.29 is 0 Å². The summed E-state index contributed by atoms with van der Waals surface area (Å²) in [6.45, 7) is 7.00. The van der Waals surface area contributed by atoms with Crippen LogP contribution in [0.2, 0.25) is 3.43 Å². The van der Waals surface area contributed by atoms with E-state index in [0.29, 0.717) is 3.43 Å². The van der Waals surface area contributed by atoms with E-state index in [1.807, 2.05) is 6.20 Å². The van der Waals surface area contributed by atoms with Gasteiger partial charge in [0.2, 0.25) is 0 Å². The molecular formula is C18H33NSn. The van der Waals surface area contributed by atoms with Gasteiger partial charge in [-0.2, -0.15) is 0 Å². The number of rotatable bonds is 11. The Morgan fingerprint density at radius 1 is 0.900 bits per heavy atom. The van der Waals surface area contributed by atoms with Gasteiger partial charge in [-0.25, -0.2) is 0 Å². The molecule has 1 heterocycles. The van der Waals surface area contributed by atoms with Gasteiger partial charge in [-0.3, -0.25) is 0 Å². The van der Waals surface area contributed by atoms with Crippen LogP contribution in [-0.2, 0) is 0 Å². The van der Waals surface area contributed by atoms with Crippen LogP contribution in [0, 0.1) is 0 Å². The zero-order valence-corrected chi connectivity index (χ0v) is 17.9. The molecule has 0 aromatic carbocycles. The van der Waals surface area contributed by atoms with Gasteiger partial charge in [0.05, 0.1) is 0 Å². The van der Waals surface area contributed by atoms with E-state index in [1.165, 1.54) is 61.5 Å². The van der Waals surface area contributed by atoms with Crippen LogP contribution >= 0.6 is 0 Å². The number of pyridine rings is 1. The van der Waals surface area contributed by atoms with E-state index in [-0.39, 0.29) is 0 Å². The molecule has 1 aromatic rings. The van der Waals surface area contributed by atoms with Gasteiger partial charge in [-0.15, -0.1) is 0 Å². The van der Waals surface area contributed by atoms with E-state index >= 15 is 0 Å². The van der Waals surface area contributed by atoms with E-state index in [4.69, 9.17) is 0 Å². The summed E-state index contributed by atoms with van der Waals surface area (Å²) in [4.78, 5) is 4.68. The second kappa shape index (κ2) is 10.6. The maximum absolute atomic E-state index is 4.68. The number of aromatic nitrogens is 1. The molecule has 0 atom stereocenters. The average molecular weight is 382 g/mol. The predicted molar refractivity (Wildman–Crippen MR) is 93.7 cm³/mol. The fourth-order valence-corrected chi connectivity index (χ4v) is 10.3. The second-order valence-electron chi connectivity index (χ2n) is 6.31. The third-order valence-electron chi connectivity index (χ3n) is 4.46. The molecule has 0 unspecified atom stereocenters. The van der Waals surface area contributed by atoms with Crippen LogP contribution in [0.3, 0.4) is 0 Å². The summed E-state index contributed by atoms with van der Waals surface area (Å²) < 4.78 is 2.20. The normalized spacial score (nSPS) is 12.3. The number of hydrogen-bond acceptors (Lipinski definition) is 1. The minimum atomic E-state index is -1.02. The van der Waals surface area contributed by atoms with Crippen LogP contribution in [-0.4, -0.2) is 26.1 Å². The first-order valence-corrected chi connectivity index (χ1v) is 12.7. The standard InChI is InChI=1S/C13H27.C5H4N.Sn.2H/c1-4-7-10-13(11-8-5-2)12-9-6-3;1-2-4-6-5-3-1;;;/h4-12H2,1-3H3;1-4H;;;. The Bertz CT molecular complexity index is 315. The Morgan fingerprint density at radius 2 is 1.45 bits per heavy atom. The van der Waals surface area contributed by atoms with Crippen molar-refractivity contribution in [1.82, 2.24) is 4.98 Å². The van der Waals surface area contributed by atoms with E-state index in [0.717, 1.165) is 0 Å². The van der Waals surface area contributed by atoms with Gasteiger partial charge in [0.15, 0.2) is 0 Å². The van der Waals surface area contributed by atoms with Gasteiger partial charge >= 0.3 is 136 Å². The van der Waals surface area contributed by atoms with Crippen molar-refractivity contribution in [1.29, 1.82) is 0 Å². The molecule has 0 aliphatic heterocycles. The van der Waals surface area contributed by atoms with Gasteiger partial charge in [0, 0.05) is 0 Å². The molecule has 0 aliphatic rings.